The molecule has 2 atom stereocenters. The lowest BCUT2D eigenvalue weighted by Crippen LogP contribution is -2.33. The molecule has 2 N–H and O–H groups in total. The predicted octanol–water partition coefficient (Wildman–Crippen LogP) is 4.30. The highest BCUT2D eigenvalue weighted by Gasteiger charge is 2.13. The van der Waals surface area contributed by atoms with Crippen molar-refractivity contribution in [1.29, 1.82) is 0 Å². The molecule has 0 heterocycles. The highest BCUT2D eigenvalue weighted by Crippen LogP contribution is 2.09. The van der Waals surface area contributed by atoms with Crippen LogP contribution in [0.2, 0.25) is 0 Å². The summed E-state index contributed by atoms with van der Waals surface area (Å²) >= 11 is 0. The van der Waals surface area contributed by atoms with Crippen LogP contribution in [0.1, 0.15) is 77.6 Å². The molecule has 0 rings (SSSR count). The van der Waals surface area contributed by atoms with E-state index in [4.69, 9.17) is 4.74 Å². The zero-order valence-corrected chi connectivity index (χ0v) is 19.1. The normalized spacial score (nSPS) is 14.2. The molecule has 166 valence electrons. The van der Waals surface area contributed by atoms with Gasteiger partial charge in [-0.3, -0.25) is 4.79 Å². The summed E-state index contributed by atoms with van der Waals surface area (Å²) in [4.78, 5) is 11.9. The van der Waals surface area contributed by atoms with Gasteiger partial charge in [0.05, 0.1) is 0 Å². The van der Waals surface area contributed by atoms with Crippen molar-refractivity contribution in [3.8, 4) is 0 Å². The minimum absolute atomic E-state index is 0.0651. The molecule has 0 bridgehead atoms. The second kappa shape index (κ2) is 21.4. The minimum Gasteiger partial charge on any atom is -0.396 e. The second-order valence-electron chi connectivity index (χ2n) is 7.74. The van der Waals surface area contributed by atoms with Crippen molar-refractivity contribution in [2.75, 3.05) is 20.3 Å². The molecule has 0 radical (unpaired) electrons. The molecule has 0 unspecified atom stereocenters. The molecule has 4 nitrogen and oxygen atoms in total. The number of carbonyl (C=O) groups is 1. The Morgan fingerprint density at radius 2 is 1.62 bits per heavy atom. The van der Waals surface area contributed by atoms with E-state index in [1.165, 1.54) is 19.3 Å². The van der Waals surface area contributed by atoms with Gasteiger partial charge in [0.2, 0.25) is 5.91 Å². The number of hydrogen-bond acceptors (Lipinski definition) is 3. The van der Waals surface area contributed by atoms with E-state index in [-0.39, 0.29) is 24.4 Å². The molecule has 0 aliphatic rings. The Morgan fingerprint density at radius 3 is 2.28 bits per heavy atom. The summed E-state index contributed by atoms with van der Waals surface area (Å²) in [5, 5.41) is 12.3. The smallest absolute Gasteiger partial charge is 0.220 e. The number of carbonyl (C=O) groups excluding carboxylic acids is 1. The van der Waals surface area contributed by atoms with Gasteiger partial charge >= 0.3 is 0 Å². The van der Waals surface area contributed by atoms with Crippen molar-refractivity contribution in [3.05, 3.63) is 36.5 Å². The lowest BCUT2D eigenvalue weighted by Gasteiger charge is -2.18. The van der Waals surface area contributed by atoms with Crippen LogP contribution >= 0.6 is 0 Å². The quantitative estimate of drug-likeness (QED) is 0.191. The number of hydrogen-bond donors (Lipinski definition) is 2. The molecule has 0 aromatic carbocycles. The van der Waals surface area contributed by atoms with Gasteiger partial charge in [0.15, 0.2) is 0 Å². The Balaban J connectivity index is 3.52. The fourth-order valence-corrected chi connectivity index (χ4v) is 3.04. The zero-order valence-electron chi connectivity index (χ0n) is 19.1. The SMILES string of the molecule is B[C@@H](C[C@@H](CO)CNC(=O)CCCCCCC/C=C\C/C=C\C/C=C\CC)OC. The van der Waals surface area contributed by atoms with Gasteiger partial charge in [-0.15, -0.1) is 0 Å². The molecule has 0 saturated carbocycles. The molecule has 1 amide bonds. The number of rotatable bonds is 19. The Hall–Kier alpha value is -1.33. The minimum atomic E-state index is 0.0651. The molecule has 29 heavy (non-hydrogen) atoms. The molecule has 0 aromatic heterocycles. The molecule has 5 heteroatoms. The van der Waals surface area contributed by atoms with E-state index in [2.05, 4.69) is 48.7 Å². The van der Waals surface area contributed by atoms with Crippen LogP contribution in [-0.2, 0) is 9.53 Å². The van der Waals surface area contributed by atoms with Crippen molar-refractivity contribution >= 4 is 13.8 Å². The van der Waals surface area contributed by atoms with Gasteiger partial charge in [-0.2, -0.15) is 0 Å². The Labute approximate surface area is 180 Å². The fraction of sp³-hybridized carbons (Fsp3) is 0.708. The maximum absolute atomic E-state index is 11.9. The van der Waals surface area contributed by atoms with Gasteiger partial charge in [-0.1, -0.05) is 62.6 Å². The van der Waals surface area contributed by atoms with E-state index in [1.54, 1.807) is 7.11 Å². The van der Waals surface area contributed by atoms with Gasteiger partial charge in [0.25, 0.3) is 0 Å². The molecule has 0 fully saturated rings. The van der Waals surface area contributed by atoms with Crippen molar-refractivity contribution in [2.24, 2.45) is 5.92 Å². The van der Waals surface area contributed by atoms with Crippen LogP contribution in [0.5, 0.6) is 0 Å². The lowest BCUT2D eigenvalue weighted by atomic mass is 9.89. The maximum atomic E-state index is 11.9. The standard InChI is InChI=1S/C24H44BNO3/c1-3-4-5-6-7-8-9-10-11-12-13-14-15-16-17-18-24(28)26-20-22(21-27)19-23(25)29-2/h4-5,7-8,10-11,22-23,27H,3,6,9,12-21,25H2,1-2H3,(H,26,28)/b5-4-,8-7-,11-10-/t22-,23-/m1/s1. The number of unbranched alkanes of at least 4 members (excludes halogenated alkanes) is 5. The van der Waals surface area contributed by atoms with Crippen molar-refractivity contribution < 1.29 is 14.6 Å². The van der Waals surface area contributed by atoms with Crippen LogP contribution in [0.25, 0.3) is 0 Å². The molecular weight excluding hydrogens is 361 g/mol. The van der Waals surface area contributed by atoms with Crippen LogP contribution in [0.4, 0.5) is 0 Å². The first-order chi connectivity index (χ1) is 14.1. The highest BCUT2D eigenvalue weighted by molar-refractivity contribution is 6.10. The molecule has 0 aromatic rings. The zero-order chi connectivity index (χ0) is 21.6. The van der Waals surface area contributed by atoms with E-state index in [0.717, 1.165) is 44.9 Å². The van der Waals surface area contributed by atoms with Gasteiger partial charge in [-0.05, 0) is 44.9 Å². The predicted molar refractivity (Wildman–Crippen MR) is 127 cm³/mol. The summed E-state index contributed by atoms with van der Waals surface area (Å²) in [6.07, 6.45) is 24.7. The Morgan fingerprint density at radius 1 is 1.00 bits per heavy atom. The maximum Gasteiger partial charge on any atom is 0.220 e. The molecule has 0 saturated heterocycles. The first kappa shape index (κ1) is 27.7. The summed E-state index contributed by atoms with van der Waals surface area (Å²) in [5.41, 5.74) is 0. The molecular formula is C24H44BNO3. The Bertz CT molecular complexity index is 463. The summed E-state index contributed by atoms with van der Waals surface area (Å²) in [6, 6.07) is 0.100. The van der Waals surface area contributed by atoms with E-state index in [9.17, 15) is 9.90 Å². The summed E-state index contributed by atoms with van der Waals surface area (Å²) in [5.74, 6) is 0.157. The van der Waals surface area contributed by atoms with Crippen LogP contribution in [-0.4, -0.2) is 45.1 Å². The molecule has 0 aliphatic heterocycles. The third-order valence-electron chi connectivity index (χ3n) is 4.97. The van der Waals surface area contributed by atoms with Crippen LogP contribution < -0.4 is 5.32 Å². The second-order valence-corrected chi connectivity index (χ2v) is 7.74. The van der Waals surface area contributed by atoms with Crippen LogP contribution in [0.3, 0.4) is 0 Å². The average Bonchev–Trinajstić information content (AvgIpc) is 2.73. The topological polar surface area (TPSA) is 58.6 Å². The number of allylic oxidation sites excluding steroid dienone is 6. The first-order valence-corrected chi connectivity index (χ1v) is 11.5. The Kier molecular flexibility index (Phi) is 20.4. The van der Waals surface area contributed by atoms with E-state index < -0.39 is 0 Å². The van der Waals surface area contributed by atoms with Gasteiger partial charge in [0, 0.05) is 38.6 Å². The summed E-state index contributed by atoms with van der Waals surface area (Å²) < 4.78 is 5.22. The first-order valence-electron chi connectivity index (χ1n) is 11.5. The third kappa shape index (κ3) is 19.8. The van der Waals surface area contributed by atoms with E-state index in [1.807, 2.05) is 7.85 Å². The number of methoxy groups -OCH3 is 1. The third-order valence-corrected chi connectivity index (χ3v) is 4.97. The molecule has 0 aliphatic carbocycles. The fourth-order valence-electron chi connectivity index (χ4n) is 3.04. The van der Waals surface area contributed by atoms with Crippen LogP contribution in [0.15, 0.2) is 36.5 Å². The number of aliphatic hydroxyl groups is 1. The van der Waals surface area contributed by atoms with E-state index in [0.29, 0.717) is 13.0 Å². The monoisotopic (exact) mass is 405 g/mol. The lowest BCUT2D eigenvalue weighted by molar-refractivity contribution is -0.121. The van der Waals surface area contributed by atoms with Gasteiger partial charge < -0.3 is 15.2 Å². The highest BCUT2D eigenvalue weighted by atomic mass is 16.5. The van der Waals surface area contributed by atoms with Gasteiger partial charge in [0.1, 0.15) is 7.85 Å². The van der Waals surface area contributed by atoms with Crippen LogP contribution in [0, 0.1) is 5.92 Å². The number of aliphatic hydroxyl groups excluding tert-OH is 1. The number of ether oxygens (including phenoxy) is 1. The van der Waals surface area contributed by atoms with E-state index >= 15 is 0 Å². The van der Waals surface area contributed by atoms with Gasteiger partial charge in [-0.25, -0.2) is 0 Å². The summed E-state index contributed by atoms with van der Waals surface area (Å²) in [7, 11) is 3.64. The van der Waals surface area contributed by atoms with Crippen molar-refractivity contribution in [1.82, 2.24) is 5.32 Å². The molecule has 0 spiro atoms. The average molecular weight is 405 g/mol. The number of amides is 1. The summed E-state index contributed by atoms with van der Waals surface area (Å²) in [6.45, 7) is 2.76. The number of nitrogens with one attached hydrogen (secondary N) is 1. The largest absolute Gasteiger partial charge is 0.396 e. The van der Waals surface area contributed by atoms with Crippen molar-refractivity contribution in [3.63, 3.8) is 0 Å². The van der Waals surface area contributed by atoms with Crippen molar-refractivity contribution in [2.45, 2.75) is 83.6 Å².